The van der Waals surface area contributed by atoms with Crippen molar-refractivity contribution in [2.24, 2.45) is 0 Å². The lowest BCUT2D eigenvalue weighted by Gasteiger charge is -2.24. The molecular weight excluding hydrogens is 266 g/mol. The van der Waals surface area contributed by atoms with Gasteiger partial charge in [0.05, 0.1) is 5.69 Å². The van der Waals surface area contributed by atoms with Gasteiger partial charge in [-0.05, 0) is 39.8 Å². The number of hydrogen-bond donors (Lipinski definition) is 2. The molecule has 1 aromatic rings. The third kappa shape index (κ3) is 4.66. The summed E-state index contributed by atoms with van der Waals surface area (Å²) >= 11 is 0. The molecule has 0 saturated heterocycles. The summed E-state index contributed by atoms with van der Waals surface area (Å²) < 4.78 is 5.20. The van der Waals surface area contributed by atoms with Gasteiger partial charge >= 0.3 is 6.09 Å². The minimum atomic E-state index is -1.58. The SMILES string of the molecule is C#CC(O)(/C=C/C)c1ccccc1NC(=O)OC(C)(C)C. The zero-order chi connectivity index (χ0) is 16.1. The monoisotopic (exact) mass is 287 g/mol. The van der Waals surface area contributed by atoms with Crippen molar-refractivity contribution < 1.29 is 14.6 Å². The number of carbonyl (C=O) groups excluding carboxylic acids is 1. The molecule has 0 heterocycles. The number of hydrogen-bond acceptors (Lipinski definition) is 3. The van der Waals surface area contributed by atoms with Crippen molar-refractivity contribution >= 4 is 11.8 Å². The average molecular weight is 287 g/mol. The van der Waals surface area contributed by atoms with Crippen molar-refractivity contribution in [1.29, 1.82) is 0 Å². The molecule has 0 aliphatic heterocycles. The van der Waals surface area contributed by atoms with Crippen LogP contribution in [0.2, 0.25) is 0 Å². The topological polar surface area (TPSA) is 58.6 Å². The summed E-state index contributed by atoms with van der Waals surface area (Å²) in [6, 6.07) is 6.79. The first-order chi connectivity index (χ1) is 9.72. The number of rotatable bonds is 3. The summed E-state index contributed by atoms with van der Waals surface area (Å²) in [7, 11) is 0. The van der Waals surface area contributed by atoms with Crippen LogP contribution in [-0.4, -0.2) is 16.8 Å². The van der Waals surface area contributed by atoms with E-state index in [-0.39, 0.29) is 0 Å². The predicted molar refractivity (Wildman–Crippen MR) is 83.8 cm³/mol. The minimum absolute atomic E-state index is 0.408. The van der Waals surface area contributed by atoms with E-state index in [1.165, 1.54) is 6.08 Å². The van der Waals surface area contributed by atoms with Crippen molar-refractivity contribution in [3.05, 3.63) is 42.0 Å². The molecule has 4 nitrogen and oxygen atoms in total. The molecule has 0 radical (unpaired) electrons. The molecular formula is C17H21NO3. The van der Waals surface area contributed by atoms with E-state index in [0.717, 1.165) is 0 Å². The number of terminal acetylenes is 1. The summed E-state index contributed by atoms with van der Waals surface area (Å²) in [6.45, 7) is 7.08. The van der Waals surface area contributed by atoms with E-state index >= 15 is 0 Å². The van der Waals surface area contributed by atoms with Gasteiger partial charge in [-0.3, -0.25) is 5.32 Å². The van der Waals surface area contributed by atoms with Crippen molar-refractivity contribution in [2.45, 2.75) is 38.9 Å². The minimum Gasteiger partial charge on any atom is -0.444 e. The molecule has 112 valence electrons. The van der Waals surface area contributed by atoms with Gasteiger partial charge in [0, 0.05) is 5.56 Å². The quantitative estimate of drug-likeness (QED) is 0.661. The molecule has 1 amide bonds. The molecule has 0 saturated carbocycles. The van der Waals surface area contributed by atoms with Gasteiger partial charge in [-0.2, -0.15) is 0 Å². The predicted octanol–water partition coefficient (Wildman–Crippen LogP) is 3.43. The highest BCUT2D eigenvalue weighted by Crippen LogP contribution is 2.29. The number of amides is 1. The largest absolute Gasteiger partial charge is 0.444 e. The highest BCUT2D eigenvalue weighted by Gasteiger charge is 2.27. The van der Waals surface area contributed by atoms with Crippen LogP contribution in [0.25, 0.3) is 0 Å². The van der Waals surface area contributed by atoms with E-state index in [0.29, 0.717) is 11.3 Å². The third-order valence-electron chi connectivity index (χ3n) is 2.60. The van der Waals surface area contributed by atoms with E-state index in [1.807, 2.05) is 0 Å². The van der Waals surface area contributed by atoms with Gasteiger partial charge in [-0.15, -0.1) is 6.42 Å². The zero-order valence-corrected chi connectivity index (χ0v) is 12.8. The van der Waals surface area contributed by atoms with Crippen LogP contribution in [0.15, 0.2) is 36.4 Å². The first-order valence-corrected chi connectivity index (χ1v) is 6.65. The molecule has 0 fully saturated rings. The lowest BCUT2D eigenvalue weighted by molar-refractivity contribution is 0.0635. The maximum atomic E-state index is 11.9. The Morgan fingerprint density at radius 1 is 1.38 bits per heavy atom. The van der Waals surface area contributed by atoms with Crippen LogP contribution in [0.1, 0.15) is 33.3 Å². The number of para-hydroxylation sites is 1. The van der Waals surface area contributed by atoms with Gasteiger partial charge in [0.2, 0.25) is 0 Å². The number of ether oxygens (including phenoxy) is 1. The summed E-state index contributed by atoms with van der Waals surface area (Å²) in [6.07, 6.45) is 7.97. The fourth-order valence-corrected chi connectivity index (χ4v) is 1.79. The van der Waals surface area contributed by atoms with Gasteiger partial charge < -0.3 is 9.84 Å². The first kappa shape index (κ1) is 16.8. The lowest BCUT2D eigenvalue weighted by atomic mass is 9.92. The van der Waals surface area contributed by atoms with Gasteiger partial charge in [0.1, 0.15) is 5.60 Å². The molecule has 4 heteroatoms. The summed E-state index contributed by atoms with van der Waals surface area (Å²) in [5.74, 6) is 2.33. The van der Waals surface area contributed by atoms with E-state index < -0.39 is 17.3 Å². The molecule has 1 rings (SSSR count). The number of benzene rings is 1. The van der Waals surface area contributed by atoms with E-state index in [9.17, 15) is 9.90 Å². The van der Waals surface area contributed by atoms with Gasteiger partial charge in [-0.25, -0.2) is 4.79 Å². The Kier molecular flexibility index (Phi) is 5.17. The van der Waals surface area contributed by atoms with Gasteiger partial charge in [0.25, 0.3) is 0 Å². The van der Waals surface area contributed by atoms with Crippen LogP contribution in [-0.2, 0) is 10.3 Å². The third-order valence-corrected chi connectivity index (χ3v) is 2.60. The number of anilines is 1. The van der Waals surface area contributed by atoms with Crippen molar-refractivity contribution in [2.75, 3.05) is 5.32 Å². The van der Waals surface area contributed by atoms with Crippen LogP contribution in [0.4, 0.5) is 10.5 Å². The van der Waals surface area contributed by atoms with E-state index in [4.69, 9.17) is 11.2 Å². The summed E-state index contributed by atoms with van der Waals surface area (Å²) in [5.41, 5.74) is -1.37. The average Bonchev–Trinajstić information content (AvgIpc) is 2.37. The molecule has 21 heavy (non-hydrogen) atoms. The summed E-state index contributed by atoms with van der Waals surface area (Å²) in [5, 5.41) is 13.1. The Morgan fingerprint density at radius 3 is 2.52 bits per heavy atom. The smallest absolute Gasteiger partial charge is 0.412 e. The second-order valence-electron chi connectivity index (χ2n) is 5.58. The van der Waals surface area contributed by atoms with Gasteiger partial charge in [0.15, 0.2) is 5.60 Å². The van der Waals surface area contributed by atoms with Crippen LogP contribution in [0.3, 0.4) is 0 Å². The Labute approximate surface area is 125 Å². The fraction of sp³-hybridized carbons (Fsp3) is 0.353. The highest BCUT2D eigenvalue weighted by molar-refractivity contribution is 5.86. The molecule has 0 bridgehead atoms. The van der Waals surface area contributed by atoms with Crippen molar-refractivity contribution in [3.8, 4) is 12.3 Å². The normalized spacial score (nSPS) is 14.3. The van der Waals surface area contributed by atoms with E-state index in [1.54, 1.807) is 58.0 Å². The molecule has 0 aliphatic carbocycles. The van der Waals surface area contributed by atoms with Crippen LogP contribution < -0.4 is 5.32 Å². The molecule has 1 unspecified atom stereocenters. The molecule has 0 aliphatic rings. The molecule has 0 aromatic heterocycles. The summed E-state index contributed by atoms with van der Waals surface area (Å²) in [4.78, 5) is 11.9. The molecule has 1 aromatic carbocycles. The number of carbonyl (C=O) groups is 1. The molecule has 2 N–H and O–H groups in total. The highest BCUT2D eigenvalue weighted by atomic mass is 16.6. The number of nitrogens with one attached hydrogen (secondary N) is 1. The number of allylic oxidation sites excluding steroid dienone is 1. The second kappa shape index (κ2) is 6.47. The van der Waals surface area contributed by atoms with Crippen LogP contribution in [0.5, 0.6) is 0 Å². The maximum absolute atomic E-state index is 11.9. The lowest BCUT2D eigenvalue weighted by Crippen LogP contribution is -2.29. The standard InChI is InChI=1S/C17H21NO3/c1-6-12-17(20,7-2)13-10-8-9-11-14(13)18-15(19)21-16(3,4)5/h2,6,8-12,20H,1,3-5H3,(H,18,19)/b12-6+. The Balaban J connectivity index is 3.11. The van der Waals surface area contributed by atoms with Crippen molar-refractivity contribution in [1.82, 2.24) is 0 Å². The van der Waals surface area contributed by atoms with Gasteiger partial charge in [-0.1, -0.05) is 30.2 Å². The zero-order valence-electron chi connectivity index (χ0n) is 12.8. The fourth-order valence-electron chi connectivity index (χ4n) is 1.79. The van der Waals surface area contributed by atoms with Crippen molar-refractivity contribution in [3.63, 3.8) is 0 Å². The van der Waals surface area contributed by atoms with Crippen LogP contribution in [0, 0.1) is 12.3 Å². The van der Waals surface area contributed by atoms with E-state index in [2.05, 4.69) is 11.2 Å². The van der Waals surface area contributed by atoms with Crippen LogP contribution >= 0.6 is 0 Å². The number of aliphatic hydroxyl groups is 1. The Hall–Kier alpha value is -2.25. The maximum Gasteiger partial charge on any atom is 0.412 e. The Bertz CT molecular complexity index is 578. The molecule has 1 atom stereocenters. The molecule has 0 spiro atoms. The first-order valence-electron chi connectivity index (χ1n) is 6.65. The Morgan fingerprint density at radius 2 is 2.00 bits per heavy atom. The second-order valence-corrected chi connectivity index (χ2v) is 5.58.